The maximum atomic E-state index is 12.0. The van der Waals surface area contributed by atoms with Crippen molar-refractivity contribution in [3.63, 3.8) is 0 Å². The molecule has 0 aliphatic carbocycles. The van der Waals surface area contributed by atoms with E-state index in [0.29, 0.717) is 6.42 Å². The first-order chi connectivity index (χ1) is 12.0. The monoisotopic (exact) mass is 340 g/mol. The van der Waals surface area contributed by atoms with Crippen LogP contribution in [0.15, 0.2) is 54.6 Å². The lowest BCUT2D eigenvalue weighted by Crippen LogP contribution is -2.46. The van der Waals surface area contributed by atoms with Crippen LogP contribution in [0, 0.1) is 0 Å². The number of amides is 2. The molecule has 131 valence electrons. The van der Waals surface area contributed by atoms with Crippen LogP contribution < -0.4 is 21.5 Å². The Kier molecular flexibility index (Phi) is 6.68. The fraction of sp³-hybridized carbons (Fsp3) is 0.263. The number of benzene rings is 2. The van der Waals surface area contributed by atoms with Crippen molar-refractivity contribution in [3.8, 4) is 5.75 Å². The number of rotatable bonds is 7. The van der Waals surface area contributed by atoms with Crippen LogP contribution in [0.5, 0.6) is 5.75 Å². The zero-order chi connectivity index (χ0) is 18.2. The summed E-state index contributed by atoms with van der Waals surface area (Å²) in [5.41, 5.74) is 13.5. The van der Waals surface area contributed by atoms with E-state index in [4.69, 9.17) is 16.2 Å². The van der Waals surface area contributed by atoms with E-state index in [1.165, 1.54) is 0 Å². The normalized spacial score (nSPS) is 12.9. The zero-order valence-electron chi connectivity index (χ0n) is 14.1. The molecule has 25 heavy (non-hydrogen) atoms. The summed E-state index contributed by atoms with van der Waals surface area (Å²) in [7, 11) is 1.58. The van der Waals surface area contributed by atoms with E-state index in [1.807, 2.05) is 42.5 Å². The van der Waals surface area contributed by atoms with Gasteiger partial charge in [0.15, 0.2) is 0 Å². The number of nitrogens with two attached hydrogens (primary N) is 2. The van der Waals surface area contributed by atoms with Gasteiger partial charge in [-0.15, -0.1) is 0 Å². The average molecular weight is 340 g/mol. The molecular formula is C19H22N3O3. The highest BCUT2D eigenvalue weighted by Gasteiger charge is 2.23. The summed E-state index contributed by atoms with van der Waals surface area (Å²) in [4.78, 5) is 24.1. The van der Waals surface area contributed by atoms with Gasteiger partial charge in [-0.2, -0.15) is 5.32 Å². The Bertz CT molecular complexity index is 702. The molecule has 2 amide bonds. The molecule has 0 aliphatic rings. The van der Waals surface area contributed by atoms with Crippen molar-refractivity contribution >= 4 is 11.8 Å². The van der Waals surface area contributed by atoms with Crippen molar-refractivity contribution in [2.45, 2.75) is 24.9 Å². The smallest absolute Gasteiger partial charge is 0.266 e. The highest BCUT2D eigenvalue weighted by Crippen LogP contribution is 2.12. The number of ether oxygens (including phenoxy) is 1. The maximum absolute atomic E-state index is 12.0. The van der Waals surface area contributed by atoms with Gasteiger partial charge in [0, 0.05) is 0 Å². The third kappa shape index (κ3) is 5.70. The maximum Gasteiger partial charge on any atom is 0.266 e. The highest BCUT2D eigenvalue weighted by molar-refractivity contribution is 5.99. The molecule has 0 unspecified atom stereocenters. The Morgan fingerprint density at radius 3 is 1.84 bits per heavy atom. The molecular weight excluding hydrogens is 318 g/mol. The van der Waals surface area contributed by atoms with Crippen LogP contribution in [-0.2, 0) is 22.4 Å². The van der Waals surface area contributed by atoms with Crippen molar-refractivity contribution < 1.29 is 14.3 Å². The summed E-state index contributed by atoms with van der Waals surface area (Å²) in [6.45, 7) is 0. The molecule has 2 aromatic rings. The lowest BCUT2D eigenvalue weighted by atomic mass is 10.0. The summed E-state index contributed by atoms with van der Waals surface area (Å²) in [5.74, 6) is -0.598. The molecule has 1 radical (unpaired) electrons. The topological polar surface area (TPSA) is 110 Å². The van der Waals surface area contributed by atoms with Crippen LogP contribution in [0.4, 0.5) is 0 Å². The van der Waals surface area contributed by atoms with Crippen LogP contribution in [0.1, 0.15) is 11.1 Å². The first-order valence-corrected chi connectivity index (χ1v) is 7.97. The molecule has 6 nitrogen and oxygen atoms in total. The number of methoxy groups -OCH3 is 1. The van der Waals surface area contributed by atoms with E-state index in [9.17, 15) is 9.59 Å². The molecule has 0 spiro atoms. The number of imide groups is 1. The fourth-order valence-corrected chi connectivity index (χ4v) is 2.33. The van der Waals surface area contributed by atoms with Gasteiger partial charge in [-0.3, -0.25) is 9.59 Å². The van der Waals surface area contributed by atoms with Crippen LogP contribution in [0.25, 0.3) is 0 Å². The summed E-state index contributed by atoms with van der Waals surface area (Å²) >= 11 is 0. The molecule has 0 aliphatic heterocycles. The van der Waals surface area contributed by atoms with Gasteiger partial charge in [0.1, 0.15) is 5.75 Å². The number of nitrogens with zero attached hydrogens (tertiary/aromatic N) is 1. The molecule has 2 atom stereocenters. The Morgan fingerprint density at radius 2 is 1.36 bits per heavy atom. The Hall–Kier alpha value is -2.70. The van der Waals surface area contributed by atoms with Gasteiger partial charge in [-0.05, 0) is 36.1 Å². The van der Waals surface area contributed by atoms with Gasteiger partial charge in [0.25, 0.3) is 11.8 Å². The molecule has 0 bridgehead atoms. The van der Waals surface area contributed by atoms with Gasteiger partial charge < -0.3 is 16.2 Å². The minimum Gasteiger partial charge on any atom is -0.497 e. The standard InChI is InChI=1S/C19H22N3O3/c1-25-15-9-7-14(8-10-15)12-17(21)19(24)22-18(23)16(20)11-13-5-3-2-4-6-13/h2-10,16-17H,11-12,20-21H2,1H3/t16-,17-/m0/s1. The minimum atomic E-state index is -0.888. The number of carbonyl (C=O) groups is 2. The Morgan fingerprint density at radius 1 is 0.880 bits per heavy atom. The highest BCUT2D eigenvalue weighted by atomic mass is 16.5. The zero-order valence-corrected chi connectivity index (χ0v) is 14.1. The molecule has 0 saturated carbocycles. The van der Waals surface area contributed by atoms with Crippen LogP contribution in [-0.4, -0.2) is 31.0 Å². The first-order valence-electron chi connectivity index (χ1n) is 7.97. The van der Waals surface area contributed by atoms with Gasteiger partial charge in [0.2, 0.25) is 0 Å². The molecule has 4 N–H and O–H groups in total. The van der Waals surface area contributed by atoms with Crippen molar-refractivity contribution in [1.82, 2.24) is 5.32 Å². The number of hydrogen-bond acceptors (Lipinski definition) is 5. The lowest BCUT2D eigenvalue weighted by Gasteiger charge is -2.13. The third-order valence-corrected chi connectivity index (χ3v) is 3.77. The second-order valence-electron chi connectivity index (χ2n) is 5.74. The Labute approximate surface area is 147 Å². The third-order valence-electron chi connectivity index (χ3n) is 3.77. The Balaban J connectivity index is 1.85. The van der Waals surface area contributed by atoms with E-state index in [0.717, 1.165) is 16.9 Å². The van der Waals surface area contributed by atoms with Crippen LogP contribution in [0.3, 0.4) is 0 Å². The van der Waals surface area contributed by atoms with Gasteiger partial charge in [-0.1, -0.05) is 42.5 Å². The minimum absolute atomic E-state index is 0.285. The molecule has 0 heterocycles. The molecule has 0 saturated heterocycles. The molecule has 2 aromatic carbocycles. The first kappa shape index (κ1) is 18.6. The second kappa shape index (κ2) is 8.96. The summed E-state index contributed by atoms with van der Waals surface area (Å²) < 4.78 is 5.07. The summed E-state index contributed by atoms with van der Waals surface area (Å²) in [6, 6.07) is 14.8. The van der Waals surface area contributed by atoms with Gasteiger partial charge in [0.05, 0.1) is 19.2 Å². The lowest BCUT2D eigenvalue weighted by molar-refractivity contribution is -0.132. The van der Waals surface area contributed by atoms with E-state index >= 15 is 0 Å². The number of carbonyl (C=O) groups excluding carboxylic acids is 2. The van der Waals surface area contributed by atoms with E-state index < -0.39 is 23.9 Å². The fourth-order valence-electron chi connectivity index (χ4n) is 2.33. The van der Waals surface area contributed by atoms with Crippen molar-refractivity contribution in [2.24, 2.45) is 11.5 Å². The van der Waals surface area contributed by atoms with E-state index in [1.54, 1.807) is 19.2 Å². The van der Waals surface area contributed by atoms with Crippen molar-refractivity contribution in [2.75, 3.05) is 7.11 Å². The summed E-state index contributed by atoms with van der Waals surface area (Å²) in [5, 5.41) is 3.55. The molecule has 0 aromatic heterocycles. The molecule has 0 fully saturated rings. The van der Waals surface area contributed by atoms with Crippen molar-refractivity contribution in [3.05, 3.63) is 65.7 Å². The predicted molar refractivity (Wildman–Crippen MR) is 94.9 cm³/mol. The predicted octanol–water partition coefficient (Wildman–Crippen LogP) is 0.793. The summed E-state index contributed by atoms with van der Waals surface area (Å²) in [6.07, 6.45) is 0.609. The largest absolute Gasteiger partial charge is 0.497 e. The van der Waals surface area contributed by atoms with Gasteiger partial charge >= 0.3 is 0 Å². The SMILES string of the molecule is COc1ccc(C[C@H](N)C(=O)[N]C(=O)[C@@H](N)Cc2ccccc2)cc1. The van der Waals surface area contributed by atoms with E-state index in [-0.39, 0.29) is 6.42 Å². The van der Waals surface area contributed by atoms with Crippen LogP contribution in [0.2, 0.25) is 0 Å². The van der Waals surface area contributed by atoms with E-state index in [2.05, 4.69) is 5.32 Å². The number of hydrogen-bond donors (Lipinski definition) is 2. The molecule has 2 rings (SSSR count). The van der Waals surface area contributed by atoms with Crippen molar-refractivity contribution in [1.29, 1.82) is 0 Å². The van der Waals surface area contributed by atoms with Crippen LogP contribution >= 0.6 is 0 Å². The van der Waals surface area contributed by atoms with Gasteiger partial charge in [-0.25, -0.2) is 0 Å². The quantitative estimate of drug-likeness (QED) is 0.774. The second-order valence-corrected chi connectivity index (χ2v) is 5.74. The average Bonchev–Trinajstić information content (AvgIpc) is 2.63. The molecule has 6 heteroatoms.